The zero-order valence-corrected chi connectivity index (χ0v) is 14.0. The molecule has 26 heavy (non-hydrogen) atoms. The average Bonchev–Trinajstić information content (AvgIpc) is 2.51. The highest BCUT2D eigenvalue weighted by molar-refractivity contribution is 6.29. The summed E-state index contributed by atoms with van der Waals surface area (Å²) < 4.78 is 62.9. The molecule has 0 aliphatic carbocycles. The SMILES string of the molecule is FC(F)c1ccnc(Nc2nc(Cl)ccc2C2CN(CC(F)(F)F)C2)c1. The van der Waals surface area contributed by atoms with Crippen molar-refractivity contribution in [1.82, 2.24) is 14.9 Å². The molecule has 0 bridgehead atoms. The Balaban J connectivity index is 1.76. The lowest BCUT2D eigenvalue weighted by atomic mass is 9.91. The van der Waals surface area contributed by atoms with Gasteiger partial charge in [-0.05, 0) is 18.2 Å². The standard InChI is InChI=1S/C16H14ClF5N4/c17-12-2-1-11(10-6-26(7-10)8-16(20,21)22)15(24-12)25-13-5-9(14(18)19)3-4-23-13/h1-5,10,14H,6-8H2,(H,23,24,25). The maximum Gasteiger partial charge on any atom is 0.401 e. The Morgan fingerprint density at radius 2 is 1.96 bits per heavy atom. The first-order chi connectivity index (χ1) is 12.2. The molecule has 1 aliphatic heterocycles. The second-order valence-electron chi connectivity index (χ2n) is 5.98. The fraction of sp³-hybridized carbons (Fsp3) is 0.375. The lowest BCUT2D eigenvalue weighted by Crippen LogP contribution is -2.49. The van der Waals surface area contributed by atoms with Gasteiger partial charge in [0, 0.05) is 36.3 Å². The zero-order chi connectivity index (χ0) is 18.9. The molecule has 0 unspecified atom stereocenters. The largest absolute Gasteiger partial charge is 0.401 e. The summed E-state index contributed by atoms with van der Waals surface area (Å²) in [4.78, 5) is 9.38. The summed E-state index contributed by atoms with van der Waals surface area (Å²) in [5.74, 6) is 0.293. The molecule has 2 aromatic heterocycles. The third-order valence-electron chi connectivity index (χ3n) is 3.97. The molecule has 4 nitrogen and oxygen atoms in total. The summed E-state index contributed by atoms with van der Waals surface area (Å²) in [7, 11) is 0. The Morgan fingerprint density at radius 1 is 1.23 bits per heavy atom. The number of nitrogens with zero attached hydrogens (tertiary/aromatic N) is 3. The molecule has 0 spiro atoms. The van der Waals surface area contributed by atoms with Crippen molar-refractivity contribution in [2.24, 2.45) is 0 Å². The van der Waals surface area contributed by atoms with Gasteiger partial charge in [0.15, 0.2) is 0 Å². The Kier molecular flexibility index (Phi) is 5.29. The van der Waals surface area contributed by atoms with Crippen molar-refractivity contribution < 1.29 is 22.0 Å². The van der Waals surface area contributed by atoms with Crippen molar-refractivity contribution in [3.63, 3.8) is 0 Å². The number of nitrogens with one attached hydrogen (secondary N) is 1. The second-order valence-corrected chi connectivity index (χ2v) is 6.37. The molecule has 2 aromatic rings. The first kappa shape index (κ1) is 18.8. The van der Waals surface area contributed by atoms with Crippen LogP contribution >= 0.6 is 11.6 Å². The van der Waals surface area contributed by atoms with Crippen molar-refractivity contribution in [2.75, 3.05) is 25.0 Å². The maximum absolute atomic E-state index is 12.8. The van der Waals surface area contributed by atoms with E-state index in [1.165, 1.54) is 29.3 Å². The van der Waals surface area contributed by atoms with E-state index < -0.39 is 19.1 Å². The van der Waals surface area contributed by atoms with Crippen LogP contribution < -0.4 is 5.32 Å². The summed E-state index contributed by atoms with van der Waals surface area (Å²) in [6.45, 7) is -0.519. The van der Waals surface area contributed by atoms with Crippen LogP contribution in [-0.2, 0) is 0 Å². The molecule has 140 valence electrons. The molecule has 3 rings (SSSR count). The molecule has 0 radical (unpaired) electrons. The highest BCUT2D eigenvalue weighted by Gasteiger charge is 2.38. The van der Waals surface area contributed by atoms with E-state index in [1.807, 2.05) is 0 Å². The van der Waals surface area contributed by atoms with Gasteiger partial charge in [0.2, 0.25) is 0 Å². The van der Waals surface area contributed by atoms with E-state index in [1.54, 1.807) is 6.07 Å². The summed E-state index contributed by atoms with van der Waals surface area (Å²) in [5.41, 5.74) is 0.461. The molecule has 1 fully saturated rings. The predicted molar refractivity (Wildman–Crippen MR) is 87.0 cm³/mol. The van der Waals surface area contributed by atoms with Gasteiger partial charge in [-0.1, -0.05) is 17.7 Å². The van der Waals surface area contributed by atoms with Crippen LogP contribution in [0.3, 0.4) is 0 Å². The number of pyridine rings is 2. The third-order valence-corrected chi connectivity index (χ3v) is 4.19. The minimum atomic E-state index is -4.25. The van der Waals surface area contributed by atoms with Crippen molar-refractivity contribution in [3.8, 4) is 0 Å². The van der Waals surface area contributed by atoms with Crippen LogP contribution in [0, 0.1) is 0 Å². The van der Waals surface area contributed by atoms with Crippen LogP contribution in [0.25, 0.3) is 0 Å². The van der Waals surface area contributed by atoms with Crippen LogP contribution in [-0.4, -0.2) is 40.7 Å². The fourth-order valence-electron chi connectivity index (χ4n) is 2.80. The van der Waals surface area contributed by atoms with Gasteiger partial charge < -0.3 is 5.32 Å². The molecule has 1 N–H and O–H groups in total. The first-order valence-electron chi connectivity index (χ1n) is 7.68. The van der Waals surface area contributed by atoms with Gasteiger partial charge in [0.25, 0.3) is 6.43 Å². The Morgan fingerprint density at radius 3 is 2.62 bits per heavy atom. The molecule has 0 aromatic carbocycles. The molecule has 0 amide bonds. The van der Waals surface area contributed by atoms with Crippen molar-refractivity contribution in [2.45, 2.75) is 18.5 Å². The number of halogens is 6. The van der Waals surface area contributed by atoms with E-state index in [0.717, 1.165) is 0 Å². The number of hydrogen-bond acceptors (Lipinski definition) is 4. The monoisotopic (exact) mass is 392 g/mol. The van der Waals surface area contributed by atoms with Gasteiger partial charge in [-0.3, -0.25) is 4.90 Å². The van der Waals surface area contributed by atoms with Crippen LogP contribution in [0.2, 0.25) is 5.15 Å². The smallest absolute Gasteiger partial charge is 0.325 e. The number of hydrogen-bond donors (Lipinski definition) is 1. The third kappa shape index (κ3) is 4.59. The molecule has 0 atom stereocenters. The quantitative estimate of drug-likeness (QED) is 0.587. The lowest BCUT2D eigenvalue weighted by Gasteiger charge is -2.40. The van der Waals surface area contributed by atoms with Crippen LogP contribution in [0.5, 0.6) is 0 Å². The van der Waals surface area contributed by atoms with E-state index in [2.05, 4.69) is 15.3 Å². The number of anilines is 2. The summed E-state index contributed by atoms with van der Waals surface area (Å²) >= 11 is 5.90. The van der Waals surface area contributed by atoms with Gasteiger partial charge >= 0.3 is 6.18 Å². The molecular formula is C16H14ClF5N4. The van der Waals surface area contributed by atoms with Crippen LogP contribution in [0.1, 0.15) is 23.5 Å². The zero-order valence-electron chi connectivity index (χ0n) is 13.3. The van der Waals surface area contributed by atoms with Gasteiger partial charge in [-0.15, -0.1) is 0 Å². The summed E-state index contributed by atoms with van der Waals surface area (Å²) in [6.07, 6.45) is -5.65. The van der Waals surface area contributed by atoms with Crippen LogP contribution in [0.4, 0.5) is 33.6 Å². The number of aromatic nitrogens is 2. The number of alkyl halides is 5. The van der Waals surface area contributed by atoms with Crippen molar-refractivity contribution in [1.29, 1.82) is 0 Å². The minimum absolute atomic E-state index is 0.158. The second kappa shape index (κ2) is 7.32. The van der Waals surface area contributed by atoms with Crippen LogP contribution in [0.15, 0.2) is 30.5 Å². The van der Waals surface area contributed by atoms with E-state index in [4.69, 9.17) is 11.6 Å². The highest BCUT2D eigenvalue weighted by atomic mass is 35.5. The molecule has 10 heteroatoms. The van der Waals surface area contributed by atoms with Crippen molar-refractivity contribution >= 4 is 23.2 Å². The maximum atomic E-state index is 12.8. The van der Waals surface area contributed by atoms with Gasteiger partial charge in [0.05, 0.1) is 6.54 Å². The fourth-order valence-corrected chi connectivity index (χ4v) is 2.94. The normalized spacial score (nSPS) is 16.0. The average molecular weight is 393 g/mol. The molecule has 3 heterocycles. The lowest BCUT2D eigenvalue weighted by molar-refractivity contribution is -0.154. The van der Waals surface area contributed by atoms with Gasteiger partial charge in [-0.25, -0.2) is 18.7 Å². The molecule has 0 saturated carbocycles. The molecule has 1 aliphatic rings. The Bertz CT molecular complexity index is 777. The molecular weight excluding hydrogens is 379 g/mol. The number of rotatable bonds is 5. The predicted octanol–water partition coefficient (Wildman–Crippen LogP) is 4.77. The number of likely N-dealkylation sites (tertiary alicyclic amines) is 1. The van der Waals surface area contributed by atoms with Gasteiger partial charge in [0.1, 0.15) is 16.8 Å². The summed E-state index contributed by atoms with van der Waals surface area (Å²) in [5, 5.41) is 3.01. The minimum Gasteiger partial charge on any atom is -0.325 e. The summed E-state index contributed by atoms with van der Waals surface area (Å²) in [6, 6.07) is 5.60. The van der Waals surface area contributed by atoms with E-state index in [-0.39, 0.29) is 35.5 Å². The topological polar surface area (TPSA) is 41.1 Å². The van der Waals surface area contributed by atoms with Gasteiger partial charge in [-0.2, -0.15) is 13.2 Å². The highest BCUT2D eigenvalue weighted by Crippen LogP contribution is 2.35. The van der Waals surface area contributed by atoms with E-state index in [0.29, 0.717) is 11.4 Å². The molecule has 1 saturated heterocycles. The van der Waals surface area contributed by atoms with Crippen molar-refractivity contribution in [3.05, 3.63) is 46.7 Å². The van der Waals surface area contributed by atoms with E-state index in [9.17, 15) is 22.0 Å². The Hall–Kier alpha value is -2.00. The first-order valence-corrected chi connectivity index (χ1v) is 8.06. The van der Waals surface area contributed by atoms with E-state index >= 15 is 0 Å². The Labute approximate surface area is 151 Å².